The predicted octanol–water partition coefficient (Wildman–Crippen LogP) is 4.85. The third kappa shape index (κ3) is 10.1. The molecular formula is C35H45N3O6. The van der Waals surface area contributed by atoms with Crippen molar-refractivity contribution < 1.29 is 28.5 Å². The molecular weight excluding hydrogens is 558 g/mol. The minimum atomic E-state index is -0.640. The lowest BCUT2D eigenvalue weighted by Gasteiger charge is -2.34. The molecule has 3 aromatic carbocycles. The second-order valence-corrected chi connectivity index (χ2v) is 10.9. The Balaban J connectivity index is 1.23. The first-order valence-corrected chi connectivity index (χ1v) is 15.4. The second kappa shape index (κ2) is 17.4. The van der Waals surface area contributed by atoms with Crippen LogP contribution in [0.1, 0.15) is 49.3 Å². The van der Waals surface area contributed by atoms with Gasteiger partial charge in [0.1, 0.15) is 17.6 Å². The first kappa shape index (κ1) is 33.0. The van der Waals surface area contributed by atoms with Crippen LogP contribution in [0.5, 0.6) is 11.5 Å². The van der Waals surface area contributed by atoms with Gasteiger partial charge in [0.25, 0.3) is 5.91 Å². The van der Waals surface area contributed by atoms with Gasteiger partial charge in [0.15, 0.2) is 0 Å². The Hall–Kier alpha value is -3.92. The van der Waals surface area contributed by atoms with E-state index in [9.17, 15) is 9.59 Å². The van der Waals surface area contributed by atoms with Gasteiger partial charge < -0.3 is 34.9 Å². The summed E-state index contributed by atoms with van der Waals surface area (Å²) in [6.07, 6.45) is 1.53. The molecule has 9 nitrogen and oxygen atoms in total. The first-order chi connectivity index (χ1) is 21.4. The van der Waals surface area contributed by atoms with Crippen molar-refractivity contribution in [3.05, 3.63) is 89.5 Å². The lowest BCUT2D eigenvalue weighted by atomic mass is 9.87. The van der Waals surface area contributed by atoms with Gasteiger partial charge in [0, 0.05) is 43.6 Å². The van der Waals surface area contributed by atoms with E-state index in [1.54, 1.807) is 14.0 Å². The number of ether oxygens (including phenoxy) is 4. The van der Waals surface area contributed by atoms with Crippen molar-refractivity contribution in [1.29, 1.82) is 0 Å². The quantitative estimate of drug-likeness (QED) is 0.201. The Bertz CT molecular complexity index is 1330. The van der Waals surface area contributed by atoms with Crippen LogP contribution in [-0.4, -0.2) is 64.0 Å². The van der Waals surface area contributed by atoms with E-state index in [-0.39, 0.29) is 23.8 Å². The zero-order valence-electron chi connectivity index (χ0n) is 26.0. The summed E-state index contributed by atoms with van der Waals surface area (Å²) in [4.78, 5) is 24.4. The largest absolute Gasteiger partial charge is 0.496 e. The van der Waals surface area contributed by atoms with Crippen LogP contribution in [0, 0.1) is 0 Å². The molecule has 4 rings (SSSR count). The van der Waals surface area contributed by atoms with Crippen molar-refractivity contribution in [3.8, 4) is 11.5 Å². The molecule has 236 valence electrons. The summed E-state index contributed by atoms with van der Waals surface area (Å²) in [6, 6.07) is 23.7. The molecule has 0 radical (unpaired) electrons. The first-order valence-electron chi connectivity index (χ1n) is 15.4. The molecule has 3 N–H and O–H groups in total. The molecule has 0 bridgehead atoms. The molecule has 0 aliphatic carbocycles. The lowest BCUT2D eigenvalue weighted by molar-refractivity contribution is -0.131. The summed E-state index contributed by atoms with van der Waals surface area (Å²) in [5.74, 6) is 1.54. The molecule has 1 fully saturated rings. The van der Waals surface area contributed by atoms with E-state index in [0.717, 1.165) is 47.7 Å². The number of piperidine rings is 1. The molecule has 3 aromatic rings. The Morgan fingerprint density at radius 3 is 2.50 bits per heavy atom. The molecule has 2 amide bonds. The van der Waals surface area contributed by atoms with Gasteiger partial charge in [-0.3, -0.25) is 9.59 Å². The Labute approximate surface area is 260 Å². The summed E-state index contributed by atoms with van der Waals surface area (Å²) < 4.78 is 23.5. The van der Waals surface area contributed by atoms with Crippen LogP contribution >= 0.6 is 0 Å². The highest BCUT2D eigenvalue weighted by Crippen LogP contribution is 2.30. The Kier molecular flexibility index (Phi) is 13.0. The summed E-state index contributed by atoms with van der Waals surface area (Å²) in [7, 11) is 1.66. The Morgan fingerprint density at radius 1 is 0.977 bits per heavy atom. The molecule has 1 aliphatic rings. The van der Waals surface area contributed by atoms with Gasteiger partial charge in [-0.15, -0.1) is 0 Å². The zero-order chi connectivity index (χ0) is 31.1. The van der Waals surface area contributed by atoms with Crippen molar-refractivity contribution >= 4 is 17.5 Å². The van der Waals surface area contributed by atoms with Gasteiger partial charge in [0.05, 0.1) is 33.0 Å². The molecule has 44 heavy (non-hydrogen) atoms. The maximum absolute atomic E-state index is 13.1. The molecule has 1 saturated heterocycles. The number of carbonyl (C=O) groups is 2. The average Bonchev–Trinajstić information content (AvgIpc) is 3.04. The number of benzene rings is 3. The van der Waals surface area contributed by atoms with Crippen LogP contribution in [0.15, 0.2) is 72.8 Å². The van der Waals surface area contributed by atoms with Crippen LogP contribution in [0.25, 0.3) is 0 Å². The van der Waals surface area contributed by atoms with Crippen LogP contribution in [0.2, 0.25) is 0 Å². The summed E-state index contributed by atoms with van der Waals surface area (Å²) in [6.45, 7) is 7.01. The number of methoxy groups -OCH3 is 1. The topological polar surface area (TPSA) is 107 Å². The maximum Gasteiger partial charge on any atom is 0.253 e. The molecule has 1 heterocycles. The highest BCUT2D eigenvalue weighted by Gasteiger charge is 2.30. The van der Waals surface area contributed by atoms with Crippen molar-refractivity contribution in [2.24, 2.45) is 0 Å². The predicted molar refractivity (Wildman–Crippen MR) is 171 cm³/mol. The zero-order valence-corrected chi connectivity index (χ0v) is 26.0. The van der Waals surface area contributed by atoms with E-state index in [2.05, 4.69) is 28.1 Å². The fraction of sp³-hybridized carbons (Fsp3) is 0.429. The van der Waals surface area contributed by atoms with E-state index >= 15 is 0 Å². The minimum Gasteiger partial charge on any atom is -0.496 e. The molecule has 3 atom stereocenters. The monoisotopic (exact) mass is 603 g/mol. The minimum absolute atomic E-state index is 0.0754. The normalized spacial score (nSPS) is 17.0. The van der Waals surface area contributed by atoms with Crippen molar-refractivity contribution in [2.45, 2.75) is 57.8 Å². The van der Waals surface area contributed by atoms with Gasteiger partial charge in [-0.1, -0.05) is 48.5 Å². The van der Waals surface area contributed by atoms with E-state index in [1.807, 2.05) is 60.7 Å². The van der Waals surface area contributed by atoms with Gasteiger partial charge >= 0.3 is 0 Å². The number of carbonyl (C=O) groups excluding carboxylic acids is 2. The number of para-hydroxylation sites is 2. The molecule has 1 aliphatic heterocycles. The van der Waals surface area contributed by atoms with Crippen molar-refractivity contribution in [2.75, 3.05) is 45.3 Å². The number of rotatable bonds is 16. The van der Waals surface area contributed by atoms with Gasteiger partial charge in [-0.05, 0) is 61.7 Å². The molecule has 0 spiro atoms. The number of amides is 2. The summed E-state index contributed by atoms with van der Waals surface area (Å²) in [5.41, 5.74) is 3.89. The van der Waals surface area contributed by atoms with Crippen molar-refractivity contribution in [1.82, 2.24) is 10.6 Å². The molecule has 9 heteroatoms. The van der Waals surface area contributed by atoms with Gasteiger partial charge in [-0.2, -0.15) is 0 Å². The third-order valence-corrected chi connectivity index (χ3v) is 7.68. The van der Waals surface area contributed by atoms with Crippen LogP contribution in [0.3, 0.4) is 0 Å². The average molecular weight is 604 g/mol. The standard InChI is InChI=1S/C35H45N3O6/c1-25(35(40)38-32-11-6-4-9-28(32)17-20-37-26(2)39)44-34-23-36-19-18-31(34)27-13-15-30(16-14-27)43-22-8-21-42-24-29-10-5-7-12-33(29)41-3/h4-7,9-16,25,31,34,36H,8,17-24H2,1-3H3,(H,37,39)(H,38,40)/t25?,31?,34-/m1/s1. The molecule has 2 unspecified atom stereocenters. The summed E-state index contributed by atoms with van der Waals surface area (Å²) >= 11 is 0. The number of hydrogen-bond acceptors (Lipinski definition) is 7. The fourth-order valence-corrected chi connectivity index (χ4v) is 5.31. The third-order valence-electron chi connectivity index (χ3n) is 7.68. The van der Waals surface area contributed by atoms with Crippen molar-refractivity contribution in [3.63, 3.8) is 0 Å². The highest BCUT2D eigenvalue weighted by atomic mass is 16.5. The SMILES string of the molecule is COc1ccccc1COCCCOc1ccc(C2CCNC[C@H]2OC(C)C(=O)Nc2ccccc2CCNC(C)=O)cc1. The van der Waals surface area contributed by atoms with E-state index in [0.29, 0.717) is 39.3 Å². The number of hydrogen-bond donors (Lipinski definition) is 3. The number of nitrogens with one attached hydrogen (secondary N) is 3. The summed E-state index contributed by atoms with van der Waals surface area (Å²) in [5, 5.41) is 9.23. The van der Waals surface area contributed by atoms with E-state index in [4.69, 9.17) is 18.9 Å². The van der Waals surface area contributed by atoms with Crippen LogP contribution in [0.4, 0.5) is 5.69 Å². The Morgan fingerprint density at radius 2 is 1.73 bits per heavy atom. The molecule has 0 aromatic heterocycles. The maximum atomic E-state index is 13.1. The van der Waals surface area contributed by atoms with Crippen LogP contribution < -0.4 is 25.4 Å². The smallest absolute Gasteiger partial charge is 0.253 e. The van der Waals surface area contributed by atoms with E-state index in [1.165, 1.54) is 12.5 Å². The molecule has 0 saturated carbocycles. The highest BCUT2D eigenvalue weighted by molar-refractivity contribution is 5.94. The van der Waals surface area contributed by atoms with Gasteiger partial charge in [0.2, 0.25) is 5.91 Å². The van der Waals surface area contributed by atoms with Gasteiger partial charge in [-0.25, -0.2) is 0 Å². The number of anilines is 1. The fourth-order valence-electron chi connectivity index (χ4n) is 5.31. The van der Waals surface area contributed by atoms with E-state index < -0.39 is 6.10 Å². The second-order valence-electron chi connectivity index (χ2n) is 10.9. The van der Waals surface area contributed by atoms with Crippen LogP contribution in [-0.2, 0) is 32.1 Å². The lowest BCUT2D eigenvalue weighted by Crippen LogP contribution is -2.44.